The summed E-state index contributed by atoms with van der Waals surface area (Å²) in [6, 6.07) is 8.97. The van der Waals surface area contributed by atoms with Crippen molar-refractivity contribution in [1.82, 2.24) is 5.48 Å². The number of hydrogen-bond donors (Lipinski definition) is 1. The smallest absolute Gasteiger partial charge is 0.274 e. The van der Waals surface area contributed by atoms with Gasteiger partial charge in [-0.2, -0.15) is 0 Å². The zero-order valence-corrected chi connectivity index (χ0v) is 19.7. The first-order valence-corrected chi connectivity index (χ1v) is 12.2. The topological polar surface area (TPSA) is 84.5 Å². The van der Waals surface area contributed by atoms with Gasteiger partial charge in [-0.05, 0) is 56.6 Å². The third kappa shape index (κ3) is 4.22. The number of carbonyl (C=O) groups excluding carboxylic acids is 1. The average molecular weight is 462 g/mol. The maximum Gasteiger partial charge on any atom is 0.274 e. The number of amides is 1. The van der Waals surface area contributed by atoms with Crippen LogP contribution in [0.4, 0.5) is 0 Å². The molecule has 1 spiro atoms. The number of hydrogen-bond acceptors (Lipinski definition) is 7. The van der Waals surface area contributed by atoms with Crippen LogP contribution in [-0.4, -0.2) is 43.1 Å². The first-order valence-electron chi connectivity index (χ1n) is 12.2. The summed E-state index contributed by atoms with van der Waals surface area (Å²) in [5, 5.41) is 0. The van der Waals surface area contributed by atoms with Crippen LogP contribution in [0.3, 0.4) is 0 Å². The van der Waals surface area contributed by atoms with Crippen molar-refractivity contribution in [3.8, 4) is 0 Å². The van der Waals surface area contributed by atoms with Crippen molar-refractivity contribution < 1.29 is 33.6 Å². The number of ether oxygens (including phenoxy) is 3. The molecule has 5 aliphatic rings. The first kappa shape index (κ1) is 23.2. The molecule has 33 heavy (non-hydrogen) atoms. The quantitative estimate of drug-likeness (QED) is 0.374. The standard InChI is InChI=1S/C25H35NO7/c1-16-10-11-20-17(2)22(28-14-7-15-29-26-21(27)18-8-5-4-6-9-18)30-23-25(20)19(16)12-13-24(3,31-23)32-33-25/h4-6,8-9,16-17,19-20,22-23H,7,10-15H2,1-3H3,(H,26,27)/t16-,17-,19+,20+,22+,23-,24+,25-/m1/s1. The highest BCUT2D eigenvalue weighted by Gasteiger charge is 2.69. The van der Waals surface area contributed by atoms with Crippen LogP contribution in [0.25, 0.3) is 0 Å². The van der Waals surface area contributed by atoms with Crippen LogP contribution in [0.2, 0.25) is 0 Å². The van der Waals surface area contributed by atoms with Crippen LogP contribution in [0.15, 0.2) is 30.3 Å². The van der Waals surface area contributed by atoms with Gasteiger partial charge in [-0.15, -0.1) is 0 Å². The summed E-state index contributed by atoms with van der Waals surface area (Å²) in [4.78, 5) is 29.3. The van der Waals surface area contributed by atoms with Gasteiger partial charge in [0, 0.05) is 23.8 Å². The van der Waals surface area contributed by atoms with E-state index < -0.39 is 17.7 Å². The molecular weight excluding hydrogens is 426 g/mol. The van der Waals surface area contributed by atoms with Crippen LogP contribution in [0.1, 0.15) is 63.2 Å². The van der Waals surface area contributed by atoms with Crippen LogP contribution in [0, 0.1) is 23.7 Å². The predicted molar refractivity (Wildman–Crippen MR) is 117 cm³/mol. The molecule has 1 N–H and O–H groups in total. The molecule has 2 bridgehead atoms. The molecule has 8 nitrogen and oxygen atoms in total. The highest BCUT2D eigenvalue weighted by Crippen LogP contribution is 2.60. The van der Waals surface area contributed by atoms with Crippen molar-refractivity contribution in [2.24, 2.45) is 23.7 Å². The Hall–Kier alpha value is -1.55. The minimum Gasteiger partial charge on any atom is -0.352 e. The van der Waals surface area contributed by atoms with Crippen molar-refractivity contribution in [3.63, 3.8) is 0 Å². The van der Waals surface area contributed by atoms with E-state index in [1.54, 1.807) is 12.1 Å². The summed E-state index contributed by atoms with van der Waals surface area (Å²) in [6.45, 7) is 7.21. The lowest BCUT2D eigenvalue weighted by atomic mass is 9.58. The number of carbonyl (C=O) groups is 1. The van der Waals surface area contributed by atoms with E-state index in [2.05, 4.69) is 19.3 Å². The Balaban J connectivity index is 1.15. The van der Waals surface area contributed by atoms with Crippen LogP contribution >= 0.6 is 0 Å². The minimum atomic E-state index is -0.784. The van der Waals surface area contributed by atoms with Crippen molar-refractivity contribution >= 4 is 5.91 Å². The molecule has 8 heteroatoms. The van der Waals surface area contributed by atoms with Gasteiger partial charge >= 0.3 is 0 Å². The Morgan fingerprint density at radius 3 is 2.73 bits per heavy atom. The van der Waals surface area contributed by atoms with Gasteiger partial charge in [-0.1, -0.05) is 32.0 Å². The van der Waals surface area contributed by atoms with Crippen LogP contribution < -0.4 is 5.48 Å². The molecule has 1 saturated carbocycles. The zero-order chi connectivity index (χ0) is 23.1. The van der Waals surface area contributed by atoms with E-state index in [0.29, 0.717) is 37.0 Å². The number of hydroxylamine groups is 1. The molecular formula is C25H35NO7. The van der Waals surface area contributed by atoms with Gasteiger partial charge in [0.05, 0.1) is 13.2 Å². The summed E-state index contributed by atoms with van der Waals surface area (Å²) >= 11 is 0. The van der Waals surface area contributed by atoms with E-state index in [9.17, 15) is 4.79 Å². The molecule has 0 radical (unpaired) electrons. The number of nitrogens with one attached hydrogen (secondary N) is 1. The van der Waals surface area contributed by atoms with Gasteiger partial charge < -0.3 is 14.2 Å². The van der Waals surface area contributed by atoms with E-state index in [1.165, 1.54) is 0 Å². The maximum absolute atomic E-state index is 12.0. The van der Waals surface area contributed by atoms with Gasteiger partial charge in [-0.25, -0.2) is 15.3 Å². The summed E-state index contributed by atoms with van der Waals surface area (Å²) in [7, 11) is 0. The number of rotatable bonds is 7. The summed E-state index contributed by atoms with van der Waals surface area (Å²) in [5.41, 5.74) is 2.46. The molecule has 1 aromatic carbocycles. The van der Waals surface area contributed by atoms with Crippen molar-refractivity contribution in [3.05, 3.63) is 35.9 Å². The predicted octanol–water partition coefficient (Wildman–Crippen LogP) is 3.96. The van der Waals surface area contributed by atoms with Gasteiger partial charge in [0.2, 0.25) is 5.79 Å². The zero-order valence-electron chi connectivity index (χ0n) is 19.7. The van der Waals surface area contributed by atoms with E-state index in [1.807, 2.05) is 25.1 Å². The molecule has 4 aliphatic heterocycles. The fourth-order valence-electron chi connectivity index (χ4n) is 6.16. The third-order valence-electron chi connectivity index (χ3n) is 7.97. The normalized spacial score (nSPS) is 41.8. The van der Waals surface area contributed by atoms with Gasteiger partial charge in [0.1, 0.15) is 0 Å². The summed E-state index contributed by atoms with van der Waals surface area (Å²) in [6.07, 6.45) is 3.75. The average Bonchev–Trinajstić information content (AvgIpc) is 3.05. The van der Waals surface area contributed by atoms with Gasteiger partial charge in [-0.3, -0.25) is 9.63 Å². The molecule has 6 rings (SSSR count). The lowest BCUT2D eigenvalue weighted by Crippen LogP contribution is -2.70. The fourth-order valence-corrected chi connectivity index (χ4v) is 6.16. The van der Waals surface area contributed by atoms with Crippen LogP contribution in [0.5, 0.6) is 0 Å². The Morgan fingerprint density at radius 1 is 1.09 bits per heavy atom. The Kier molecular flexibility index (Phi) is 6.50. The number of benzene rings is 1. The lowest BCUT2D eigenvalue weighted by molar-refractivity contribution is -0.577. The van der Waals surface area contributed by atoms with Crippen molar-refractivity contribution in [2.75, 3.05) is 13.2 Å². The Labute approximate surface area is 195 Å². The number of fused-ring (bicyclic) bond motifs is 2. The molecule has 182 valence electrons. The molecule has 4 saturated heterocycles. The minimum absolute atomic E-state index is 0.143. The molecule has 1 aromatic rings. The first-order chi connectivity index (χ1) is 15.9. The molecule has 0 unspecified atom stereocenters. The lowest BCUT2D eigenvalue weighted by Gasteiger charge is -2.60. The Bertz CT molecular complexity index is 837. The third-order valence-corrected chi connectivity index (χ3v) is 7.97. The highest BCUT2D eigenvalue weighted by atomic mass is 17.3. The molecule has 5 fully saturated rings. The monoisotopic (exact) mass is 461 g/mol. The summed E-state index contributed by atoms with van der Waals surface area (Å²) in [5.74, 6) is 0.219. The fraction of sp³-hybridized carbons (Fsp3) is 0.720. The van der Waals surface area contributed by atoms with E-state index in [0.717, 1.165) is 25.7 Å². The van der Waals surface area contributed by atoms with Gasteiger partial charge in [0.25, 0.3) is 5.91 Å². The van der Waals surface area contributed by atoms with Crippen molar-refractivity contribution in [2.45, 2.75) is 76.8 Å². The van der Waals surface area contributed by atoms with E-state index in [-0.39, 0.29) is 24.0 Å². The van der Waals surface area contributed by atoms with Gasteiger partial charge in [0.15, 0.2) is 18.2 Å². The SMILES string of the molecule is C[C@H]1[C@@H](OCCCONC(=O)c2ccccc2)O[C@@H]2O[C@]3(C)CC[C@H]4[C@H](C)CC[C@@H]1[C@@]24OO3. The second kappa shape index (κ2) is 9.24. The molecule has 1 aliphatic carbocycles. The van der Waals surface area contributed by atoms with Crippen molar-refractivity contribution in [1.29, 1.82) is 0 Å². The second-order valence-electron chi connectivity index (χ2n) is 10.1. The van der Waals surface area contributed by atoms with Crippen LogP contribution in [-0.2, 0) is 28.8 Å². The largest absolute Gasteiger partial charge is 0.352 e. The van der Waals surface area contributed by atoms with E-state index >= 15 is 0 Å². The second-order valence-corrected chi connectivity index (χ2v) is 10.1. The molecule has 1 amide bonds. The Morgan fingerprint density at radius 2 is 1.91 bits per heavy atom. The molecule has 0 aromatic heterocycles. The molecule has 8 atom stereocenters. The highest BCUT2D eigenvalue weighted by molar-refractivity contribution is 5.93. The molecule has 4 heterocycles. The summed E-state index contributed by atoms with van der Waals surface area (Å²) < 4.78 is 18.9. The maximum atomic E-state index is 12.0. The van der Waals surface area contributed by atoms with E-state index in [4.69, 9.17) is 28.8 Å².